The molecule has 1 aromatic carbocycles. The van der Waals surface area contributed by atoms with Gasteiger partial charge in [-0.05, 0) is 25.5 Å². The minimum Gasteiger partial charge on any atom is -0.493 e. The van der Waals surface area contributed by atoms with Crippen molar-refractivity contribution in [1.82, 2.24) is 0 Å². The lowest BCUT2D eigenvalue weighted by atomic mass is 10.1. The van der Waals surface area contributed by atoms with E-state index in [1.54, 1.807) is 19.1 Å². The van der Waals surface area contributed by atoms with Gasteiger partial charge in [-0.1, -0.05) is 32.3 Å². The Bertz CT molecular complexity index is 372. The Morgan fingerprint density at radius 2 is 2.06 bits per heavy atom. The quantitative estimate of drug-likeness (QED) is 0.735. The zero-order chi connectivity index (χ0) is 12.7. The van der Waals surface area contributed by atoms with Crippen molar-refractivity contribution in [1.29, 1.82) is 0 Å². The molecule has 1 aromatic rings. The van der Waals surface area contributed by atoms with Crippen LogP contribution in [-0.4, -0.2) is 17.7 Å². The molecule has 3 heteroatoms. The van der Waals surface area contributed by atoms with Crippen LogP contribution < -0.4 is 4.74 Å². The van der Waals surface area contributed by atoms with E-state index < -0.39 is 5.97 Å². The number of carbonyl (C=O) groups is 1. The van der Waals surface area contributed by atoms with Crippen LogP contribution in [-0.2, 0) is 0 Å². The molecule has 1 rings (SSSR count). The summed E-state index contributed by atoms with van der Waals surface area (Å²) in [6.07, 6.45) is 4.60. The van der Waals surface area contributed by atoms with E-state index in [0.29, 0.717) is 23.5 Å². The van der Waals surface area contributed by atoms with Crippen molar-refractivity contribution in [2.45, 2.75) is 39.5 Å². The second-order valence-electron chi connectivity index (χ2n) is 4.14. The van der Waals surface area contributed by atoms with Gasteiger partial charge in [0.15, 0.2) is 0 Å². The SMILES string of the molecule is CCCCCCOc1cccc(C(=O)O)c1C. The maximum absolute atomic E-state index is 10.9. The van der Waals surface area contributed by atoms with Gasteiger partial charge in [0.25, 0.3) is 0 Å². The van der Waals surface area contributed by atoms with E-state index in [9.17, 15) is 4.79 Å². The van der Waals surface area contributed by atoms with Crippen LogP contribution in [0.5, 0.6) is 5.75 Å². The first-order chi connectivity index (χ1) is 8.16. The molecule has 0 aliphatic heterocycles. The van der Waals surface area contributed by atoms with Crippen LogP contribution in [0.25, 0.3) is 0 Å². The molecule has 3 nitrogen and oxygen atoms in total. The van der Waals surface area contributed by atoms with Crippen molar-refractivity contribution in [3.05, 3.63) is 29.3 Å². The summed E-state index contributed by atoms with van der Waals surface area (Å²) < 4.78 is 5.61. The zero-order valence-electron chi connectivity index (χ0n) is 10.5. The molecule has 1 N–H and O–H groups in total. The summed E-state index contributed by atoms with van der Waals surface area (Å²) in [6.45, 7) is 4.61. The van der Waals surface area contributed by atoms with Crippen LogP contribution in [0.2, 0.25) is 0 Å². The number of unbranched alkanes of at least 4 members (excludes halogenated alkanes) is 3. The Morgan fingerprint density at radius 3 is 2.71 bits per heavy atom. The molecular weight excluding hydrogens is 216 g/mol. The summed E-state index contributed by atoms with van der Waals surface area (Å²) >= 11 is 0. The summed E-state index contributed by atoms with van der Waals surface area (Å²) in [4.78, 5) is 10.9. The molecule has 0 spiro atoms. The molecule has 0 aliphatic carbocycles. The Morgan fingerprint density at radius 1 is 1.29 bits per heavy atom. The van der Waals surface area contributed by atoms with Gasteiger partial charge in [-0.2, -0.15) is 0 Å². The smallest absolute Gasteiger partial charge is 0.336 e. The number of carboxylic acid groups (broad SMARTS) is 1. The summed E-state index contributed by atoms with van der Waals surface area (Å²) in [6, 6.07) is 5.14. The van der Waals surface area contributed by atoms with Crippen molar-refractivity contribution < 1.29 is 14.6 Å². The average Bonchev–Trinajstić information content (AvgIpc) is 2.30. The summed E-state index contributed by atoms with van der Waals surface area (Å²) in [5.41, 5.74) is 1.02. The lowest BCUT2D eigenvalue weighted by Gasteiger charge is -2.10. The largest absolute Gasteiger partial charge is 0.493 e. The zero-order valence-corrected chi connectivity index (χ0v) is 10.5. The van der Waals surface area contributed by atoms with Gasteiger partial charge >= 0.3 is 5.97 Å². The van der Waals surface area contributed by atoms with E-state index in [0.717, 1.165) is 12.8 Å². The fourth-order valence-corrected chi connectivity index (χ4v) is 1.71. The Balaban J connectivity index is 2.54. The van der Waals surface area contributed by atoms with Crippen LogP contribution in [0.1, 0.15) is 48.5 Å². The predicted octanol–water partition coefficient (Wildman–Crippen LogP) is 3.65. The van der Waals surface area contributed by atoms with Gasteiger partial charge in [0.05, 0.1) is 12.2 Å². The first kappa shape index (κ1) is 13.6. The van der Waals surface area contributed by atoms with Crippen molar-refractivity contribution in [2.24, 2.45) is 0 Å². The number of ether oxygens (including phenoxy) is 1. The van der Waals surface area contributed by atoms with E-state index in [1.165, 1.54) is 12.8 Å². The molecule has 0 saturated heterocycles. The maximum atomic E-state index is 10.9. The van der Waals surface area contributed by atoms with Crippen LogP contribution in [0.15, 0.2) is 18.2 Å². The highest BCUT2D eigenvalue weighted by Crippen LogP contribution is 2.21. The summed E-state index contributed by atoms with van der Waals surface area (Å²) in [7, 11) is 0. The molecule has 0 saturated carbocycles. The third kappa shape index (κ3) is 4.10. The molecule has 94 valence electrons. The fourth-order valence-electron chi connectivity index (χ4n) is 1.71. The fraction of sp³-hybridized carbons (Fsp3) is 0.500. The first-order valence-corrected chi connectivity index (χ1v) is 6.12. The van der Waals surface area contributed by atoms with Crippen LogP contribution in [0.3, 0.4) is 0 Å². The molecule has 0 aromatic heterocycles. The maximum Gasteiger partial charge on any atom is 0.336 e. The molecular formula is C14H20O3. The van der Waals surface area contributed by atoms with Crippen molar-refractivity contribution in [3.63, 3.8) is 0 Å². The average molecular weight is 236 g/mol. The second kappa shape index (κ2) is 6.94. The third-order valence-corrected chi connectivity index (χ3v) is 2.77. The van der Waals surface area contributed by atoms with Crippen LogP contribution >= 0.6 is 0 Å². The molecule has 17 heavy (non-hydrogen) atoms. The van der Waals surface area contributed by atoms with Crippen molar-refractivity contribution >= 4 is 5.97 Å². The Labute approximate surface area is 102 Å². The van der Waals surface area contributed by atoms with E-state index in [4.69, 9.17) is 9.84 Å². The highest BCUT2D eigenvalue weighted by atomic mass is 16.5. The molecule has 0 unspecified atom stereocenters. The highest BCUT2D eigenvalue weighted by molar-refractivity contribution is 5.90. The normalized spacial score (nSPS) is 10.2. The lowest BCUT2D eigenvalue weighted by molar-refractivity contribution is 0.0695. The number of hydrogen-bond acceptors (Lipinski definition) is 2. The van der Waals surface area contributed by atoms with E-state index in [1.807, 2.05) is 6.07 Å². The van der Waals surface area contributed by atoms with E-state index >= 15 is 0 Å². The van der Waals surface area contributed by atoms with Crippen LogP contribution in [0.4, 0.5) is 0 Å². The molecule has 0 heterocycles. The van der Waals surface area contributed by atoms with Crippen molar-refractivity contribution in [2.75, 3.05) is 6.61 Å². The molecule has 0 bridgehead atoms. The van der Waals surface area contributed by atoms with Gasteiger partial charge < -0.3 is 9.84 Å². The van der Waals surface area contributed by atoms with Gasteiger partial charge in [-0.15, -0.1) is 0 Å². The number of carboxylic acids is 1. The first-order valence-electron chi connectivity index (χ1n) is 6.12. The minimum absolute atomic E-state index is 0.316. The summed E-state index contributed by atoms with van der Waals surface area (Å²) in [5, 5.41) is 8.98. The number of benzene rings is 1. The standard InChI is InChI=1S/C14H20O3/c1-3-4-5-6-10-17-13-9-7-8-12(11(13)2)14(15)16/h7-9H,3-6,10H2,1-2H3,(H,15,16). The molecule has 0 amide bonds. The molecule has 0 aliphatic rings. The number of aromatic carboxylic acids is 1. The van der Waals surface area contributed by atoms with E-state index in [2.05, 4.69) is 6.92 Å². The Hall–Kier alpha value is -1.51. The molecule has 0 fully saturated rings. The third-order valence-electron chi connectivity index (χ3n) is 2.77. The van der Waals surface area contributed by atoms with Gasteiger partial charge in [0, 0.05) is 5.56 Å². The van der Waals surface area contributed by atoms with Gasteiger partial charge in [0.1, 0.15) is 5.75 Å². The number of hydrogen-bond donors (Lipinski definition) is 1. The lowest BCUT2D eigenvalue weighted by Crippen LogP contribution is -2.04. The second-order valence-corrected chi connectivity index (χ2v) is 4.14. The van der Waals surface area contributed by atoms with Gasteiger partial charge in [-0.25, -0.2) is 4.79 Å². The van der Waals surface area contributed by atoms with Gasteiger partial charge in [0.2, 0.25) is 0 Å². The summed E-state index contributed by atoms with van der Waals surface area (Å²) in [5.74, 6) is -0.222. The van der Waals surface area contributed by atoms with Crippen LogP contribution in [0, 0.1) is 6.92 Å². The van der Waals surface area contributed by atoms with E-state index in [-0.39, 0.29) is 0 Å². The van der Waals surface area contributed by atoms with Crippen molar-refractivity contribution in [3.8, 4) is 5.75 Å². The Kier molecular flexibility index (Phi) is 5.53. The monoisotopic (exact) mass is 236 g/mol. The van der Waals surface area contributed by atoms with Gasteiger partial charge in [-0.3, -0.25) is 0 Å². The molecule has 0 radical (unpaired) electrons. The predicted molar refractivity (Wildman–Crippen MR) is 67.8 cm³/mol. The highest BCUT2D eigenvalue weighted by Gasteiger charge is 2.10. The minimum atomic E-state index is -0.904. The molecule has 0 atom stereocenters. The number of rotatable bonds is 7. The topological polar surface area (TPSA) is 46.5 Å².